The number of hydrogen-bond acceptors (Lipinski definition) is 5. The number of nitro groups is 1. The van der Waals surface area contributed by atoms with Crippen molar-refractivity contribution < 1.29 is 13.3 Å². The summed E-state index contributed by atoms with van der Waals surface area (Å²) in [5.41, 5.74) is 0. The second-order valence-corrected chi connectivity index (χ2v) is 6.63. The van der Waals surface area contributed by atoms with Crippen LogP contribution in [0.3, 0.4) is 0 Å². The summed E-state index contributed by atoms with van der Waals surface area (Å²) in [4.78, 5) is 14.2. The number of rotatable bonds is 6. The highest BCUT2D eigenvalue weighted by atomic mass is 35.5. The molecule has 1 N–H and O–H groups in total. The first-order valence-electron chi connectivity index (χ1n) is 6.23. The highest BCUT2D eigenvalue weighted by Crippen LogP contribution is 2.15. The molecular formula is C12H13ClN4O4S. The molecule has 0 aliphatic heterocycles. The molecule has 0 saturated carbocycles. The average molecular weight is 345 g/mol. The topological polar surface area (TPSA) is 107 Å². The second-order valence-electron chi connectivity index (χ2n) is 4.42. The van der Waals surface area contributed by atoms with Crippen LogP contribution in [0.25, 0.3) is 0 Å². The summed E-state index contributed by atoms with van der Waals surface area (Å²) in [5.74, 6) is 0.264. The van der Waals surface area contributed by atoms with Crippen LogP contribution in [0, 0.1) is 17.0 Å². The van der Waals surface area contributed by atoms with E-state index in [1.54, 1.807) is 6.92 Å². The molecule has 0 bridgehead atoms. The number of nitrogens with one attached hydrogen (secondary N) is 1. The highest BCUT2D eigenvalue weighted by molar-refractivity contribution is 7.89. The molecule has 8 nitrogen and oxygen atoms in total. The highest BCUT2D eigenvalue weighted by Gasteiger charge is 2.19. The lowest BCUT2D eigenvalue weighted by molar-refractivity contribution is -0.392. The van der Waals surface area contributed by atoms with Crippen LogP contribution < -0.4 is 4.72 Å². The van der Waals surface area contributed by atoms with E-state index in [4.69, 9.17) is 11.6 Å². The predicted octanol–water partition coefficient (Wildman–Crippen LogP) is 1.73. The van der Waals surface area contributed by atoms with Crippen molar-refractivity contribution in [3.05, 3.63) is 51.4 Å². The van der Waals surface area contributed by atoms with E-state index in [9.17, 15) is 18.5 Å². The van der Waals surface area contributed by atoms with Crippen LogP contribution in [0.5, 0.6) is 0 Å². The molecule has 118 valence electrons. The van der Waals surface area contributed by atoms with Crippen molar-refractivity contribution in [2.24, 2.45) is 0 Å². The van der Waals surface area contributed by atoms with Gasteiger partial charge in [-0.05, 0) is 29.2 Å². The number of hydrogen-bond donors (Lipinski definition) is 1. The van der Waals surface area contributed by atoms with E-state index in [2.05, 4.69) is 9.71 Å². The Kier molecular flexibility index (Phi) is 4.79. The number of benzene rings is 1. The normalized spacial score (nSPS) is 11.5. The molecule has 1 aromatic heterocycles. The lowest BCUT2D eigenvalue weighted by atomic mass is 10.4. The first kappa shape index (κ1) is 16.4. The Morgan fingerprint density at radius 3 is 2.59 bits per heavy atom. The van der Waals surface area contributed by atoms with E-state index in [1.807, 2.05) is 0 Å². The van der Waals surface area contributed by atoms with Gasteiger partial charge in [0, 0.05) is 18.5 Å². The van der Waals surface area contributed by atoms with Gasteiger partial charge in [0.2, 0.25) is 10.0 Å². The summed E-state index contributed by atoms with van der Waals surface area (Å²) in [7, 11) is -3.69. The Bertz CT molecular complexity index is 786. The van der Waals surface area contributed by atoms with Crippen LogP contribution in [0.2, 0.25) is 5.02 Å². The van der Waals surface area contributed by atoms with Crippen molar-refractivity contribution in [3.8, 4) is 0 Å². The van der Waals surface area contributed by atoms with Crippen LogP contribution in [0.4, 0.5) is 5.82 Å². The monoisotopic (exact) mass is 344 g/mol. The summed E-state index contributed by atoms with van der Waals surface area (Å²) < 4.78 is 27.8. The number of sulfonamides is 1. The maximum absolute atomic E-state index is 12.1. The molecule has 1 heterocycles. The third-order valence-electron chi connectivity index (χ3n) is 2.97. The summed E-state index contributed by atoms with van der Waals surface area (Å²) in [6.07, 6.45) is 1.14. The molecule has 22 heavy (non-hydrogen) atoms. The van der Waals surface area contributed by atoms with E-state index < -0.39 is 14.9 Å². The van der Waals surface area contributed by atoms with Gasteiger partial charge in [0.05, 0.1) is 4.90 Å². The second kappa shape index (κ2) is 6.42. The van der Waals surface area contributed by atoms with Crippen LogP contribution in [-0.4, -0.2) is 29.4 Å². The third-order valence-corrected chi connectivity index (χ3v) is 4.70. The summed E-state index contributed by atoms with van der Waals surface area (Å²) in [5, 5.41) is 11.3. The van der Waals surface area contributed by atoms with Crippen molar-refractivity contribution >= 4 is 27.4 Å². The van der Waals surface area contributed by atoms with E-state index in [0.717, 1.165) is 6.20 Å². The Balaban J connectivity index is 2.06. The molecule has 10 heteroatoms. The molecule has 0 radical (unpaired) electrons. The number of aryl methyl sites for hydroxylation is 1. The fourth-order valence-corrected chi connectivity index (χ4v) is 3.01. The van der Waals surface area contributed by atoms with Gasteiger partial charge >= 0.3 is 5.82 Å². The van der Waals surface area contributed by atoms with Crippen LogP contribution >= 0.6 is 11.6 Å². The zero-order valence-corrected chi connectivity index (χ0v) is 13.1. The SMILES string of the molecule is Cc1ncc([N+](=O)[O-])n1CCNS(=O)(=O)c1ccc(Cl)cc1. The number of nitrogens with zero attached hydrogens (tertiary/aromatic N) is 3. The van der Waals surface area contributed by atoms with Gasteiger partial charge in [0.25, 0.3) is 0 Å². The van der Waals surface area contributed by atoms with E-state index in [0.29, 0.717) is 10.8 Å². The molecule has 0 aliphatic rings. The molecule has 0 unspecified atom stereocenters. The molecule has 0 amide bonds. The molecule has 1 aromatic carbocycles. The Morgan fingerprint density at radius 2 is 2.00 bits per heavy atom. The largest absolute Gasteiger partial charge is 0.358 e. The smallest absolute Gasteiger partial charge is 0.342 e. The quantitative estimate of drug-likeness (QED) is 0.634. The van der Waals surface area contributed by atoms with Gasteiger partial charge in [-0.2, -0.15) is 0 Å². The van der Waals surface area contributed by atoms with E-state index in [1.165, 1.54) is 28.8 Å². The maximum atomic E-state index is 12.1. The molecule has 2 aromatic rings. The molecular weight excluding hydrogens is 332 g/mol. The number of imidazole rings is 1. The van der Waals surface area contributed by atoms with Gasteiger partial charge in [0.15, 0.2) is 5.82 Å². The van der Waals surface area contributed by atoms with Gasteiger partial charge in [-0.3, -0.25) is 0 Å². The maximum Gasteiger partial charge on any atom is 0.342 e. The van der Waals surface area contributed by atoms with E-state index >= 15 is 0 Å². The van der Waals surface area contributed by atoms with Gasteiger partial charge in [0.1, 0.15) is 12.7 Å². The first-order chi connectivity index (χ1) is 10.3. The minimum Gasteiger partial charge on any atom is -0.358 e. The van der Waals surface area contributed by atoms with Crippen LogP contribution in [-0.2, 0) is 16.6 Å². The van der Waals surface area contributed by atoms with Gasteiger partial charge < -0.3 is 10.1 Å². The predicted molar refractivity (Wildman–Crippen MR) is 80.3 cm³/mol. The lowest BCUT2D eigenvalue weighted by Gasteiger charge is -2.07. The average Bonchev–Trinajstić information content (AvgIpc) is 2.81. The summed E-state index contributed by atoms with van der Waals surface area (Å²) in [6, 6.07) is 5.72. The van der Waals surface area contributed by atoms with Crippen molar-refractivity contribution in [3.63, 3.8) is 0 Å². The van der Waals surface area contributed by atoms with Crippen molar-refractivity contribution in [1.29, 1.82) is 0 Å². The van der Waals surface area contributed by atoms with Gasteiger partial charge in [-0.25, -0.2) is 22.7 Å². The van der Waals surface area contributed by atoms with Gasteiger partial charge in [-0.1, -0.05) is 11.6 Å². The first-order valence-corrected chi connectivity index (χ1v) is 8.09. The molecule has 0 atom stereocenters. The molecule has 0 spiro atoms. The van der Waals surface area contributed by atoms with Crippen LogP contribution in [0.1, 0.15) is 5.82 Å². The van der Waals surface area contributed by atoms with Crippen molar-refractivity contribution in [2.75, 3.05) is 6.54 Å². The number of halogens is 1. The minimum absolute atomic E-state index is 0.00298. The fourth-order valence-electron chi connectivity index (χ4n) is 1.87. The summed E-state index contributed by atoms with van der Waals surface area (Å²) in [6.45, 7) is 1.72. The van der Waals surface area contributed by atoms with Crippen LogP contribution in [0.15, 0.2) is 35.4 Å². The fraction of sp³-hybridized carbons (Fsp3) is 0.250. The summed E-state index contributed by atoms with van der Waals surface area (Å²) >= 11 is 5.71. The van der Waals surface area contributed by atoms with Crippen molar-refractivity contribution in [2.45, 2.75) is 18.4 Å². The standard InChI is InChI=1S/C12H13ClN4O4S/c1-9-14-8-12(17(18)19)16(9)7-6-15-22(20,21)11-4-2-10(13)3-5-11/h2-5,8,15H,6-7H2,1H3. The molecule has 0 aliphatic carbocycles. The zero-order valence-electron chi connectivity index (χ0n) is 11.6. The lowest BCUT2D eigenvalue weighted by Crippen LogP contribution is -2.28. The molecule has 0 fully saturated rings. The zero-order chi connectivity index (χ0) is 16.3. The number of aromatic nitrogens is 2. The minimum atomic E-state index is -3.69. The van der Waals surface area contributed by atoms with E-state index in [-0.39, 0.29) is 23.8 Å². The Hall–Kier alpha value is -1.97. The Labute approximate surface area is 131 Å². The third kappa shape index (κ3) is 3.62. The Morgan fingerprint density at radius 1 is 1.36 bits per heavy atom. The molecule has 2 rings (SSSR count). The molecule has 0 saturated heterocycles. The van der Waals surface area contributed by atoms with Gasteiger partial charge in [-0.15, -0.1) is 0 Å². The van der Waals surface area contributed by atoms with Crippen molar-refractivity contribution in [1.82, 2.24) is 14.3 Å².